The van der Waals surface area contributed by atoms with Crippen molar-refractivity contribution in [3.63, 3.8) is 0 Å². The summed E-state index contributed by atoms with van der Waals surface area (Å²) in [5, 5.41) is 14.8. The smallest absolute Gasteiger partial charge is 0.326 e. The monoisotopic (exact) mass is 489 g/mol. The van der Waals surface area contributed by atoms with Gasteiger partial charge in [0.05, 0.1) is 12.5 Å². The van der Waals surface area contributed by atoms with E-state index in [0.717, 1.165) is 5.56 Å². The third kappa shape index (κ3) is 8.36. The molecule has 1 fully saturated rings. The lowest BCUT2D eigenvalue weighted by molar-refractivity contribution is -0.145. The number of rotatable bonds is 12. The number of likely N-dealkylation sites (tertiary alicyclic amines) is 1. The summed E-state index contributed by atoms with van der Waals surface area (Å²) < 4.78 is 0. The van der Waals surface area contributed by atoms with Gasteiger partial charge in [-0.05, 0) is 30.7 Å². The number of carboxylic acid groups (broad SMARTS) is 1. The fourth-order valence-electron chi connectivity index (χ4n) is 4.10. The van der Waals surface area contributed by atoms with Crippen LogP contribution in [0.5, 0.6) is 0 Å². The minimum Gasteiger partial charge on any atom is -0.480 e. The van der Waals surface area contributed by atoms with Gasteiger partial charge in [-0.25, -0.2) is 4.79 Å². The lowest BCUT2D eigenvalue weighted by Gasteiger charge is -2.30. The quantitative estimate of drug-likeness (QED) is 0.262. The van der Waals surface area contributed by atoms with E-state index in [1.54, 1.807) is 24.3 Å². The maximum atomic E-state index is 13.4. The molecule has 4 unspecified atom stereocenters. The first-order valence-corrected chi connectivity index (χ1v) is 11.7. The summed E-state index contributed by atoms with van der Waals surface area (Å²) in [6.45, 7) is 4.06. The molecule has 0 aliphatic carbocycles. The van der Waals surface area contributed by atoms with Crippen molar-refractivity contribution < 1.29 is 29.1 Å². The number of carbonyl (C=O) groups excluding carboxylic acids is 4. The van der Waals surface area contributed by atoms with Crippen molar-refractivity contribution >= 4 is 29.6 Å². The van der Waals surface area contributed by atoms with E-state index in [9.17, 15) is 29.1 Å². The minimum atomic E-state index is -1.19. The Kier molecular flexibility index (Phi) is 10.2. The van der Waals surface area contributed by atoms with Crippen LogP contribution >= 0.6 is 0 Å². The van der Waals surface area contributed by atoms with E-state index in [2.05, 4.69) is 10.6 Å². The summed E-state index contributed by atoms with van der Waals surface area (Å²) in [7, 11) is 0. The van der Waals surface area contributed by atoms with Crippen LogP contribution in [0.1, 0.15) is 45.1 Å². The molecule has 7 N–H and O–H groups in total. The van der Waals surface area contributed by atoms with Gasteiger partial charge < -0.3 is 32.1 Å². The Morgan fingerprint density at radius 1 is 1.09 bits per heavy atom. The largest absolute Gasteiger partial charge is 0.480 e. The first-order chi connectivity index (χ1) is 16.5. The first-order valence-electron chi connectivity index (χ1n) is 11.7. The molecular weight excluding hydrogens is 454 g/mol. The molecule has 0 saturated carbocycles. The fraction of sp³-hybridized carbons (Fsp3) is 0.542. The van der Waals surface area contributed by atoms with Gasteiger partial charge in [0.1, 0.15) is 18.1 Å². The summed E-state index contributed by atoms with van der Waals surface area (Å²) in [6.07, 6.45) is 0.973. The van der Waals surface area contributed by atoms with Gasteiger partial charge >= 0.3 is 5.97 Å². The third-order valence-corrected chi connectivity index (χ3v) is 5.82. The average molecular weight is 490 g/mol. The van der Waals surface area contributed by atoms with Crippen LogP contribution in [0.2, 0.25) is 0 Å². The molecule has 0 bridgehead atoms. The van der Waals surface area contributed by atoms with Gasteiger partial charge in [-0.1, -0.05) is 44.2 Å². The van der Waals surface area contributed by atoms with E-state index >= 15 is 0 Å². The highest BCUT2D eigenvalue weighted by Gasteiger charge is 2.39. The third-order valence-electron chi connectivity index (χ3n) is 5.82. The molecule has 0 radical (unpaired) electrons. The molecule has 1 aliphatic rings. The van der Waals surface area contributed by atoms with E-state index in [-0.39, 0.29) is 18.8 Å². The highest BCUT2D eigenvalue weighted by Crippen LogP contribution is 2.21. The van der Waals surface area contributed by atoms with Gasteiger partial charge in [-0.15, -0.1) is 0 Å². The van der Waals surface area contributed by atoms with Crippen LogP contribution in [0.25, 0.3) is 0 Å². The van der Waals surface area contributed by atoms with Crippen LogP contribution in [0.3, 0.4) is 0 Å². The Bertz CT molecular complexity index is 922. The summed E-state index contributed by atoms with van der Waals surface area (Å²) in [4.78, 5) is 63.1. The maximum Gasteiger partial charge on any atom is 0.326 e. The lowest BCUT2D eigenvalue weighted by Crippen LogP contribution is -2.57. The van der Waals surface area contributed by atoms with Crippen molar-refractivity contribution in [3.05, 3.63) is 35.9 Å². The van der Waals surface area contributed by atoms with Crippen LogP contribution < -0.4 is 22.1 Å². The summed E-state index contributed by atoms with van der Waals surface area (Å²) in [5.41, 5.74) is 11.6. The zero-order valence-corrected chi connectivity index (χ0v) is 20.1. The molecule has 35 heavy (non-hydrogen) atoms. The maximum absolute atomic E-state index is 13.4. The van der Waals surface area contributed by atoms with Crippen molar-refractivity contribution in [2.45, 2.75) is 70.1 Å². The predicted octanol–water partition coefficient (Wildman–Crippen LogP) is -0.477. The van der Waals surface area contributed by atoms with E-state index in [1.807, 2.05) is 19.9 Å². The van der Waals surface area contributed by atoms with Gasteiger partial charge in [-0.2, -0.15) is 0 Å². The number of primary amides is 1. The van der Waals surface area contributed by atoms with Crippen molar-refractivity contribution in [2.24, 2.45) is 17.4 Å². The van der Waals surface area contributed by atoms with Gasteiger partial charge in [0.15, 0.2) is 0 Å². The molecule has 0 spiro atoms. The van der Waals surface area contributed by atoms with Gasteiger partial charge in [0.25, 0.3) is 0 Å². The van der Waals surface area contributed by atoms with Crippen LogP contribution in [-0.2, 0) is 30.4 Å². The molecule has 1 saturated heterocycles. The number of carboxylic acids is 1. The topological polar surface area (TPSA) is 185 Å². The minimum absolute atomic E-state index is 0.0359. The molecular formula is C24H35N5O6. The highest BCUT2D eigenvalue weighted by molar-refractivity contribution is 5.95. The lowest BCUT2D eigenvalue weighted by atomic mass is 10.0. The van der Waals surface area contributed by atoms with Crippen molar-refractivity contribution in [2.75, 3.05) is 6.54 Å². The fourth-order valence-corrected chi connectivity index (χ4v) is 4.10. The number of nitrogens with one attached hydrogen (secondary N) is 2. The normalized spacial score (nSPS) is 17.9. The number of amides is 4. The standard InChI is InChI=1S/C24H35N5O6/c1-14(2)11-17(27-21(31)16(25)13-20(26)30)23(33)29-10-6-9-19(29)22(32)28-18(24(34)35)12-15-7-4-3-5-8-15/h3-5,7-8,14,16-19H,6,9-13,25H2,1-2H3,(H2,26,30)(H,27,31)(H,28,32)(H,34,35). The zero-order valence-electron chi connectivity index (χ0n) is 20.1. The van der Waals surface area contributed by atoms with Crippen molar-refractivity contribution in [1.82, 2.24) is 15.5 Å². The first kappa shape index (κ1) is 27.8. The number of hydrogen-bond donors (Lipinski definition) is 5. The van der Waals surface area contributed by atoms with Gasteiger partial charge in [0.2, 0.25) is 23.6 Å². The Hall–Kier alpha value is -3.47. The summed E-state index contributed by atoms with van der Waals surface area (Å²) >= 11 is 0. The number of aliphatic carboxylic acids is 1. The molecule has 2 rings (SSSR count). The highest BCUT2D eigenvalue weighted by atomic mass is 16.4. The molecule has 11 heteroatoms. The molecule has 1 aromatic carbocycles. The SMILES string of the molecule is CC(C)CC(NC(=O)C(N)CC(N)=O)C(=O)N1CCCC1C(=O)NC(Cc1ccccc1)C(=O)O. The Labute approximate surface area is 204 Å². The molecule has 1 aliphatic heterocycles. The van der Waals surface area contributed by atoms with Crippen LogP contribution in [0, 0.1) is 5.92 Å². The summed E-state index contributed by atoms with van der Waals surface area (Å²) in [5.74, 6) is -3.57. The van der Waals surface area contributed by atoms with Crippen LogP contribution in [-0.4, -0.2) is 70.3 Å². The molecule has 4 atom stereocenters. The second kappa shape index (κ2) is 12.8. The van der Waals surface area contributed by atoms with E-state index < -0.39 is 53.8 Å². The number of hydrogen-bond acceptors (Lipinski definition) is 6. The molecule has 192 valence electrons. The van der Waals surface area contributed by atoms with Crippen LogP contribution in [0.4, 0.5) is 0 Å². The van der Waals surface area contributed by atoms with Gasteiger partial charge in [0, 0.05) is 13.0 Å². The Morgan fingerprint density at radius 3 is 2.31 bits per heavy atom. The Balaban J connectivity index is 2.12. The second-order valence-corrected chi connectivity index (χ2v) is 9.25. The molecule has 4 amide bonds. The molecule has 1 heterocycles. The van der Waals surface area contributed by atoms with Gasteiger partial charge in [-0.3, -0.25) is 19.2 Å². The van der Waals surface area contributed by atoms with E-state index in [4.69, 9.17) is 11.5 Å². The summed E-state index contributed by atoms with van der Waals surface area (Å²) in [6, 6.07) is 4.78. The molecule has 0 aromatic heterocycles. The van der Waals surface area contributed by atoms with E-state index in [1.165, 1.54) is 4.90 Å². The molecule has 11 nitrogen and oxygen atoms in total. The second-order valence-electron chi connectivity index (χ2n) is 9.25. The number of benzene rings is 1. The zero-order chi connectivity index (χ0) is 26.1. The molecule has 1 aromatic rings. The van der Waals surface area contributed by atoms with Crippen molar-refractivity contribution in [3.8, 4) is 0 Å². The number of carbonyl (C=O) groups is 5. The average Bonchev–Trinajstić information content (AvgIpc) is 3.27. The predicted molar refractivity (Wildman–Crippen MR) is 128 cm³/mol. The van der Waals surface area contributed by atoms with E-state index in [0.29, 0.717) is 25.8 Å². The number of nitrogens with two attached hydrogens (primary N) is 2. The Morgan fingerprint density at radius 2 is 1.74 bits per heavy atom. The van der Waals surface area contributed by atoms with Crippen LogP contribution in [0.15, 0.2) is 30.3 Å². The van der Waals surface area contributed by atoms with Crippen molar-refractivity contribution in [1.29, 1.82) is 0 Å². The number of nitrogens with zero attached hydrogens (tertiary/aromatic N) is 1.